The molecule has 0 aliphatic rings. The normalized spacial score (nSPS) is 11.3. The molecule has 0 spiro atoms. The van der Waals surface area contributed by atoms with Crippen molar-refractivity contribution in [3.05, 3.63) is 28.5 Å². The van der Waals surface area contributed by atoms with Gasteiger partial charge in [-0.3, -0.25) is 0 Å². The van der Waals surface area contributed by atoms with E-state index in [2.05, 4.69) is 12.2 Å². The van der Waals surface area contributed by atoms with Gasteiger partial charge in [-0.2, -0.15) is 5.26 Å². The highest BCUT2D eigenvalue weighted by atomic mass is 35.5. The molecule has 0 radical (unpaired) electrons. The lowest BCUT2D eigenvalue weighted by atomic mass is 10.1. The van der Waals surface area contributed by atoms with Crippen LogP contribution in [0.5, 0.6) is 5.75 Å². The predicted octanol–water partition coefficient (Wildman–Crippen LogP) is 3.93. The van der Waals surface area contributed by atoms with Gasteiger partial charge in [0.05, 0.1) is 16.7 Å². The van der Waals surface area contributed by atoms with E-state index in [-0.39, 0.29) is 29.1 Å². The largest absolute Gasteiger partial charge is 0.489 e. The van der Waals surface area contributed by atoms with Crippen molar-refractivity contribution in [3.63, 3.8) is 0 Å². The topological polar surface area (TPSA) is 45.0 Å². The Morgan fingerprint density at radius 2 is 2.15 bits per heavy atom. The summed E-state index contributed by atoms with van der Waals surface area (Å²) in [5, 5.41) is 12.0. The van der Waals surface area contributed by atoms with Gasteiger partial charge in [0.25, 0.3) is 0 Å². The summed E-state index contributed by atoms with van der Waals surface area (Å²) in [5.74, 6) is -0.253. The molecule has 1 aromatic carbocycles. The van der Waals surface area contributed by atoms with Crippen LogP contribution in [0.25, 0.3) is 0 Å². The molecule has 0 bridgehead atoms. The smallest absolute Gasteiger partial charge is 0.143 e. The number of hydrogen-bond donors (Lipinski definition) is 1. The lowest BCUT2D eigenvalue weighted by Gasteiger charge is -2.19. The SMILES string of the molecule is CCCC(CCNC)Oc1cc(Cl)c(F)cc1C#N.Cl. The third-order valence-electron chi connectivity index (χ3n) is 2.76. The van der Waals surface area contributed by atoms with Gasteiger partial charge in [-0.1, -0.05) is 24.9 Å². The Morgan fingerprint density at radius 3 is 2.70 bits per heavy atom. The van der Waals surface area contributed by atoms with Crippen molar-refractivity contribution in [2.24, 2.45) is 0 Å². The van der Waals surface area contributed by atoms with E-state index >= 15 is 0 Å². The molecule has 1 unspecified atom stereocenters. The zero-order valence-corrected chi connectivity index (χ0v) is 13.2. The van der Waals surface area contributed by atoms with Crippen LogP contribution in [-0.2, 0) is 0 Å². The fourth-order valence-corrected chi connectivity index (χ4v) is 1.94. The highest BCUT2D eigenvalue weighted by molar-refractivity contribution is 6.30. The van der Waals surface area contributed by atoms with Gasteiger partial charge in [0.1, 0.15) is 17.6 Å². The Hall–Kier alpha value is -1.02. The Morgan fingerprint density at radius 1 is 1.45 bits per heavy atom. The zero-order valence-electron chi connectivity index (χ0n) is 11.6. The van der Waals surface area contributed by atoms with Crippen molar-refractivity contribution >= 4 is 24.0 Å². The minimum Gasteiger partial charge on any atom is -0.489 e. The molecule has 1 atom stereocenters. The summed E-state index contributed by atoms with van der Waals surface area (Å²) in [5.41, 5.74) is 0.174. The lowest BCUT2D eigenvalue weighted by Crippen LogP contribution is -2.22. The van der Waals surface area contributed by atoms with Crippen LogP contribution in [0.15, 0.2) is 12.1 Å². The summed E-state index contributed by atoms with van der Waals surface area (Å²) in [6.45, 7) is 2.89. The number of rotatable bonds is 7. The van der Waals surface area contributed by atoms with E-state index in [0.29, 0.717) is 5.75 Å². The van der Waals surface area contributed by atoms with Crippen molar-refractivity contribution in [2.75, 3.05) is 13.6 Å². The van der Waals surface area contributed by atoms with Crippen molar-refractivity contribution in [2.45, 2.75) is 32.3 Å². The van der Waals surface area contributed by atoms with Crippen LogP contribution in [0, 0.1) is 17.1 Å². The molecule has 1 aromatic rings. The molecule has 0 aromatic heterocycles. The molecule has 0 heterocycles. The van der Waals surface area contributed by atoms with Crippen LogP contribution in [0.4, 0.5) is 4.39 Å². The fourth-order valence-electron chi connectivity index (χ4n) is 1.78. The second kappa shape index (κ2) is 9.82. The molecular weight excluding hydrogens is 302 g/mol. The molecule has 1 rings (SSSR count). The summed E-state index contributed by atoms with van der Waals surface area (Å²) in [7, 11) is 1.87. The first-order valence-corrected chi connectivity index (χ1v) is 6.70. The van der Waals surface area contributed by atoms with E-state index in [9.17, 15) is 4.39 Å². The van der Waals surface area contributed by atoms with Gasteiger partial charge in [0.2, 0.25) is 0 Å². The van der Waals surface area contributed by atoms with Crippen LogP contribution >= 0.6 is 24.0 Å². The van der Waals surface area contributed by atoms with E-state index in [1.54, 1.807) is 0 Å². The number of nitriles is 1. The van der Waals surface area contributed by atoms with E-state index in [1.807, 2.05) is 13.1 Å². The number of ether oxygens (including phenoxy) is 1. The number of benzene rings is 1. The van der Waals surface area contributed by atoms with Crippen LogP contribution in [0.1, 0.15) is 31.7 Å². The van der Waals surface area contributed by atoms with Gasteiger partial charge in [-0.25, -0.2) is 4.39 Å². The summed E-state index contributed by atoms with van der Waals surface area (Å²) in [6, 6.07) is 4.41. The summed E-state index contributed by atoms with van der Waals surface area (Å²) in [6.07, 6.45) is 2.67. The quantitative estimate of drug-likeness (QED) is 0.827. The Balaban J connectivity index is 0.00000361. The highest BCUT2D eigenvalue weighted by Crippen LogP contribution is 2.27. The van der Waals surface area contributed by atoms with Gasteiger partial charge in [0, 0.05) is 6.07 Å². The van der Waals surface area contributed by atoms with E-state index in [0.717, 1.165) is 31.9 Å². The van der Waals surface area contributed by atoms with Gasteiger partial charge >= 0.3 is 0 Å². The molecule has 1 N–H and O–H groups in total. The molecule has 0 aliphatic carbocycles. The monoisotopic (exact) mass is 320 g/mol. The van der Waals surface area contributed by atoms with Crippen molar-refractivity contribution in [3.8, 4) is 11.8 Å². The summed E-state index contributed by atoms with van der Waals surface area (Å²) >= 11 is 5.73. The standard InChI is InChI=1S/C14H18ClFN2O.ClH/c1-3-4-11(5-6-18-2)19-14-8-12(15)13(16)7-10(14)9-17;/h7-8,11,18H,3-6H2,1-2H3;1H. The third kappa shape index (κ3) is 5.54. The number of halogens is 3. The van der Waals surface area contributed by atoms with Crippen LogP contribution in [0.3, 0.4) is 0 Å². The van der Waals surface area contributed by atoms with Crippen LogP contribution < -0.4 is 10.1 Å². The molecule has 20 heavy (non-hydrogen) atoms. The van der Waals surface area contributed by atoms with Crippen LogP contribution in [-0.4, -0.2) is 19.7 Å². The molecule has 0 saturated heterocycles. The highest BCUT2D eigenvalue weighted by Gasteiger charge is 2.14. The third-order valence-corrected chi connectivity index (χ3v) is 3.05. The maximum Gasteiger partial charge on any atom is 0.143 e. The Kier molecular flexibility index (Phi) is 9.32. The Bertz CT molecular complexity index is 463. The number of nitrogens with zero attached hydrogens (tertiary/aromatic N) is 1. The molecule has 0 amide bonds. The van der Waals surface area contributed by atoms with Gasteiger partial charge in [0.15, 0.2) is 0 Å². The first-order valence-electron chi connectivity index (χ1n) is 6.32. The van der Waals surface area contributed by atoms with Gasteiger partial charge in [-0.05, 0) is 32.5 Å². The molecule has 3 nitrogen and oxygen atoms in total. The summed E-state index contributed by atoms with van der Waals surface area (Å²) < 4.78 is 19.1. The zero-order chi connectivity index (χ0) is 14.3. The molecule has 0 fully saturated rings. The lowest BCUT2D eigenvalue weighted by molar-refractivity contribution is 0.179. The molecule has 0 saturated carbocycles. The van der Waals surface area contributed by atoms with Crippen LogP contribution in [0.2, 0.25) is 5.02 Å². The predicted molar refractivity (Wildman–Crippen MR) is 81.2 cm³/mol. The minimum absolute atomic E-state index is 0. The average Bonchev–Trinajstić information content (AvgIpc) is 2.40. The number of nitrogens with one attached hydrogen (secondary N) is 1. The molecule has 0 aliphatic heterocycles. The second-order valence-electron chi connectivity index (χ2n) is 4.30. The minimum atomic E-state index is -0.604. The first-order chi connectivity index (χ1) is 9.12. The van der Waals surface area contributed by atoms with Crippen molar-refractivity contribution in [1.29, 1.82) is 5.26 Å². The first kappa shape index (κ1) is 19.0. The molecule has 6 heteroatoms. The maximum absolute atomic E-state index is 13.3. The van der Waals surface area contributed by atoms with Crippen molar-refractivity contribution in [1.82, 2.24) is 5.32 Å². The average molecular weight is 321 g/mol. The second-order valence-corrected chi connectivity index (χ2v) is 4.70. The fraction of sp³-hybridized carbons (Fsp3) is 0.500. The molecular formula is C14H19Cl2FN2O. The number of hydrogen-bond acceptors (Lipinski definition) is 3. The van der Waals surface area contributed by atoms with E-state index in [4.69, 9.17) is 21.6 Å². The van der Waals surface area contributed by atoms with Crippen molar-refractivity contribution < 1.29 is 9.13 Å². The van der Waals surface area contributed by atoms with E-state index < -0.39 is 5.82 Å². The van der Waals surface area contributed by atoms with Gasteiger partial charge < -0.3 is 10.1 Å². The summed E-state index contributed by atoms with van der Waals surface area (Å²) in [4.78, 5) is 0. The van der Waals surface area contributed by atoms with E-state index in [1.165, 1.54) is 6.07 Å². The maximum atomic E-state index is 13.3. The van der Waals surface area contributed by atoms with Gasteiger partial charge in [-0.15, -0.1) is 12.4 Å². The Labute approximate surface area is 130 Å². The molecule has 112 valence electrons.